The molecule has 0 aromatic carbocycles. The Morgan fingerprint density at radius 1 is 1.22 bits per heavy atom. The minimum absolute atomic E-state index is 0.334. The maximum Gasteiger partial charge on any atom is 0.222 e. The van der Waals surface area contributed by atoms with Gasteiger partial charge in [0.1, 0.15) is 5.65 Å². The molecule has 0 aliphatic carbocycles. The number of fused-ring (bicyclic) bond motifs is 3. The molecule has 2 aliphatic rings. The fourth-order valence-corrected chi connectivity index (χ4v) is 4.42. The highest BCUT2D eigenvalue weighted by atomic mass is 35.5. The quantitative estimate of drug-likeness (QED) is 0.800. The second kappa shape index (κ2) is 5.52. The molecule has 122 valence electrons. The minimum atomic E-state index is 0.334. The van der Waals surface area contributed by atoms with Crippen LogP contribution in [0.3, 0.4) is 0 Å². The van der Waals surface area contributed by atoms with Crippen LogP contribution in [0.4, 0.5) is 0 Å². The van der Waals surface area contributed by atoms with Crippen molar-refractivity contribution in [2.75, 3.05) is 6.54 Å². The zero-order chi connectivity index (χ0) is 16.1. The first kappa shape index (κ1) is 15.0. The van der Waals surface area contributed by atoms with E-state index in [1.807, 2.05) is 0 Å². The van der Waals surface area contributed by atoms with Gasteiger partial charge in [0.15, 0.2) is 0 Å². The van der Waals surface area contributed by atoms with Crippen molar-refractivity contribution in [3.05, 3.63) is 28.0 Å². The van der Waals surface area contributed by atoms with Gasteiger partial charge in [-0.05, 0) is 44.2 Å². The molecule has 4 rings (SSSR count). The third-order valence-corrected chi connectivity index (χ3v) is 5.94. The molecule has 0 radical (unpaired) electrons. The third kappa shape index (κ3) is 2.26. The van der Waals surface area contributed by atoms with Gasteiger partial charge in [0, 0.05) is 49.2 Å². The molecule has 4 nitrogen and oxygen atoms in total. The number of hydrogen-bond donors (Lipinski definition) is 0. The number of aryl methyl sites for hydroxylation is 3. The Labute approximate surface area is 141 Å². The van der Waals surface area contributed by atoms with Crippen molar-refractivity contribution in [1.82, 2.24) is 14.5 Å². The molecule has 5 heteroatoms. The number of piperidine rings is 1. The van der Waals surface area contributed by atoms with Crippen LogP contribution in [0, 0.1) is 13.8 Å². The predicted octanol–water partition coefficient (Wildman–Crippen LogP) is 3.63. The average Bonchev–Trinajstić information content (AvgIpc) is 2.84. The van der Waals surface area contributed by atoms with Gasteiger partial charge in [0.25, 0.3) is 0 Å². The zero-order valence-electron chi connectivity index (χ0n) is 13.7. The fraction of sp³-hybridized carbons (Fsp3) is 0.556. The van der Waals surface area contributed by atoms with Crippen molar-refractivity contribution in [3.63, 3.8) is 0 Å². The summed E-state index contributed by atoms with van der Waals surface area (Å²) in [6, 6.07) is 0.342. The van der Waals surface area contributed by atoms with Gasteiger partial charge in [0.2, 0.25) is 5.91 Å². The Morgan fingerprint density at radius 3 is 2.83 bits per heavy atom. The normalized spacial score (nSPS) is 21.8. The van der Waals surface area contributed by atoms with Crippen LogP contribution in [0.2, 0.25) is 5.02 Å². The number of aromatic nitrogens is 2. The maximum atomic E-state index is 12.3. The van der Waals surface area contributed by atoms with Crippen molar-refractivity contribution in [2.24, 2.45) is 0 Å². The second-order valence-corrected chi connectivity index (χ2v) is 7.25. The van der Waals surface area contributed by atoms with E-state index in [1.165, 1.54) is 16.6 Å². The van der Waals surface area contributed by atoms with Crippen LogP contribution in [0.15, 0.2) is 6.20 Å². The monoisotopic (exact) mass is 331 g/mol. The highest BCUT2D eigenvalue weighted by molar-refractivity contribution is 6.32. The number of amides is 1. The molecule has 1 amide bonds. The van der Waals surface area contributed by atoms with E-state index >= 15 is 0 Å². The van der Waals surface area contributed by atoms with Crippen molar-refractivity contribution in [2.45, 2.75) is 58.5 Å². The van der Waals surface area contributed by atoms with E-state index < -0.39 is 0 Å². The number of likely N-dealkylation sites (tertiary alicyclic amines) is 1. The number of nitrogens with zero attached hydrogens (tertiary/aromatic N) is 3. The van der Waals surface area contributed by atoms with Crippen LogP contribution >= 0.6 is 11.6 Å². The molecule has 0 saturated carbocycles. The summed E-state index contributed by atoms with van der Waals surface area (Å²) in [7, 11) is 0. The van der Waals surface area contributed by atoms with Crippen molar-refractivity contribution in [1.29, 1.82) is 0 Å². The molecule has 2 aliphatic heterocycles. The van der Waals surface area contributed by atoms with E-state index in [4.69, 9.17) is 11.6 Å². The van der Waals surface area contributed by atoms with E-state index in [2.05, 4.69) is 28.3 Å². The van der Waals surface area contributed by atoms with Crippen molar-refractivity contribution in [3.8, 4) is 0 Å². The fourth-order valence-electron chi connectivity index (χ4n) is 4.28. The molecule has 0 spiro atoms. The van der Waals surface area contributed by atoms with Crippen LogP contribution in [-0.4, -0.2) is 32.9 Å². The van der Waals surface area contributed by atoms with Gasteiger partial charge in [0.05, 0.1) is 5.02 Å². The summed E-state index contributed by atoms with van der Waals surface area (Å²) in [5, 5.41) is 1.92. The molecule has 1 fully saturated rings. The zero-order valence-corrected chi connectivity index (χ0v) is 14.5. The molecule has 23 heavy (non-hydrogen) atoms. The summed E-state index contributed by atoms with van der Waals surface area (Å²) in [6.45, 7) is 6.09. The van der Waals surface area contributed by atoms with Crippen molar-refractivity contribution >= 4 is 28.5 Å². The standard InChI is InChI=1S/C18H22ClN3O/c1-11-14(19)10-20-18-17(11)12(2)15-9-13(6-8-22(15)18)21-7-4-3-5-16(21)23/h10,13H,3-9H2,1-2H3. The molecular weight excluding hydrogens is 310 g/mol. The van der Waals surface area contributed by atoms with Crippen LogP contribution < -0.4 is 0 Å². The molecule has 0 N–H and O–H groups in total. The van der Waals surface area contributed by atoms with Crippen LogP contribution in [-0.2, 0) is 17.8 Å². The first-order chi connectivity index (χ1) is 11.1. The topological polar surface area (TPSA) is 38.1 Å². The summed E-state index contributed by atoms with van der Waals surface area (Å²) in [5.74, 6) is 0.334. The Bertz CT molecular complexity index is 795. The molecule has 4 heterocycles. The molecule has 2 aromatic heterocycles. The van der Waals surface area contributed by atoms with E-state index in [0.717, 1.165) is 61.4 Å². The summed E-state index contributed by atoms with van der Waals surface area (Å²) in [4.78, 5) is 19.0. The van der Waals surface area contributed by atoms with E-state index in [0.29, 0.717) is 11.9 Å². The largest absolute Gasteiger partial charge is 0.339 e. The van der Waals surface area contributed by atoms with Gasteiger partial charge in [-0.15, -0.1) is 0 Å². The van der Waals surface area contributed by atoms with Gasteiger partial charge in [-0.2, -0.15) is 0 Å². The highest BCUT2D eigenvalue weighted by Gasteiger charge is 2.31. The van der Waals surface area contributed by atoms with Crippen molar-refractivity contribution < 1.29 is 4.79 Å². The smallest absolute Gasteiger partial charge is 0.222 e. The molecule has 2 aromatic rings. The highest BCUT2D eigenvalue weighted by Crippen LogP contribution is 2.35. The number of halogens is 1. The Hall–Kier alpha value is -1.55. The molecule has 0 bridgehead atoms. The first-order valence-electron chi connectivity index (χ1n) is 8.50. The first-order valence-corrected chi connectivity index (χ1v) is 8.88. The van der Waals surface area contributed by atoms with Gasteiger partial charge >= 0.3 is 0 Å². The molecule has 1 atom stereocenters. The lowest BCUT2D eigenvalue weighted by Gasteiger charge is -2.37. The lowest BCUT2D eigenvalue weighted by molar-refractivity contribution is -0.136. The second-order valence-electron chi connectivity index (χ2n) is 6.84. The van der Waals surface area contributed by atoms with Crippen LogP contribution in [0.1, 0.15) is 42.5 Å². The molecule has 1 unspecified atom stereocenters. The van der Waals surface area contributed by atoms with E-state index in [9.17, 15) is 4.79 Å². The average molecular weight is 332 g/mol. The number of carbonyl (C=O) groups is 1. The van der Waals surface area contributed by atoms with Gasteiger partial charge in [-0.25, -0.2) is 4.98 Å². The third-order valence-electron chi connectivity index (χ3n) is 5.56. The van der Waals surface area contributed by atoms with Gasteiger partial charge in [-0.1, -0.05) is 11.6 Å². The Balaban J connectivity index is 1.75. The van der Waals surface area contributed by atoms with Crippen LogP contribution in [0.5, 0.6) is 0 Å². The lowest BCUT2D eigenvalue weighted by Crippen LogP contribution is -2.46. The number of carbonyl (C=O) groups excluding carboxylic acids is 1. The SMILES string of the molecule is Cc1c(Cl)cnc2c1c(C)c1n2CCC(N2CCCCC2=O)C1. The molecular formula is C18H22ClN3O. The number of hydrogen-bond acceptors (Lipinski definition) is 2. The van der Waals surface area contributed by atoms with E-state index in [1.54, 1.807) is 6.20 Å². The number of pyridine rings is 1. The maximum absolute atomic E-state index is 12.3. The predicted molar refractivity (Wildman–Crippen MR) is 91.9 cm³/mol. The van der Waals surface area contributed by atoms with E-state index in [-0.39, 0.29) is 0 Å². The summed E-state index contributed by atoms with van der Waals surface area (Å²) in [6.07, 6.45) is 6.61. The summed E-state index contributed by atoms with van der Waals surface area (Å²) in [5.41, 5.74) is 4.76. The number of rotatable bonds is 1. The molecule has 1 saturated heterocycles. The Kier molecular flexibility index (Phi) is 3.60. The van der Waals surface area contributed by atoms with Crippen LogP contribution in [0.25, 0.3) is 11.0 Å². The van der Waals surface area contributed by atoms with Gasteiger partial charge < -0.3 is 9.47 Å². The van der Waals surface area contributed by atoms with Gasteiger partial charge in [-0.3, -0.25) is 4.79 Å². The minimum Gasteiger partial charge on any atom is -0.339 e. The lowest BCUT2D eigenvalue weighted by atomic mass is 9.97. The summed E-state index contributed by atoms with van der Waals surface area (Å²) < 4.78 is 2.33. The Morgan fingerprint density at radius 2 is 2.04 bits per heavy atom. The summed E-state index contributed by atoms with van der Waals surface area (Å²) >= 11 is 6.27.